The summed E-state index contributed by atoms with van der Waals surface area (Å²) >= 11 is 0. The molecule has 1 aromatic carbocycles. The van der Waals surface area contributed by atoms with Crippen LogP contribution in [0.3, 0.4) is 0 Å². The molecule has 0 bridgehead atoms. The zero-order chi connectivity index (χ0) is 17.6. The first-order valence-corrected chi connectivity index (χ1v) is 7.27. The maximum atomic E-state index is 12.8. The van der Waals surface area contributed by atoms with E-state index in [1.165, 1.54) is 39.7 Å². The fourth-order valence-corrected chi connectivity index (χ4v) is 2.00. The summed E-state index contributed by atoms with van der Waals surface area (Å²) in [7, 11) is 0. The molecule has 126 valence electrons. The lowest BCUT2D eigenvalue weighted by atomic mass is 10.3. The van der Waals surface area contributed by atoms with Gasteiger partial charge in [-0.2, -0.15) is 15.5 Å². The Balaban J connectivity index is 1.57. The Kier molecular flexibility index (Phi) is 4.71. The second-order valence-electron chi connectivity index (χ2n) is 4.98. The molecule has 3 aromatic rings. The number of aromatic nitrogens is 4. The van der Waals surface area contributed by atoms with Crippen LogP contribution in [0.1, 0.15) is 10.5 Å². The summed E-state index contributed by atoms with van der Waals surface area (Å²) in [6.45, 7) is 0.181. The summed E-state index contributed by atoms with van der Waals surface area (Å²) in [4.78, 5) is 12.1. The Morgan fingerprint density at radius 3 is 2.68 bits per heavy atom. The normalized spacial score (nSPS) is 10.2. The summed E-state index contributed by atoms with van der Waals surface area (Å²) in [6, 6.07) is 10.7. The van der Waals surface area contributed by atoms with Crippen molar-refractivity contribution in [2.45, 2.75) is 13.3 Å². The summed E-state index contributed by atoms with van der Waals surface area (Å²) in [5.74, 6) is 0.0497. The van der Waals surface area contributed by atoms with Crippen molar-refractivity contribution in [2.24, 2.45) is 0 Å². The van der Waals surface area contributed by atoms with E-state index in [1.54, 1.807) is 18.5 Å². The van der Waals surface area contributed by atoms with E-state index in [1.807, 2.05) is 6.07 Å². The molecule has 0 unspecified atom stereocenters. The first-order valence-electron chi connectivity index (χ1n) is 7.27. The quantitative estimate of drug-likeness (QED) is 0.740. The Hall–Kier alpha value is -3.67. The first-order chi connectivity index (χ1) is 12.1. The SMILES string of the molecule is N#CCn1ccc(NC(=O)c2ccn(COc3ccc(F)cc3)n2)n1. The molecule has 2 heterocycles. The molecular weight excluding hydrogens is 327 g/mol. The minimum Gasteiger partial charge on any atom is -0.471 e. The molecule has 0 spiro atoms. The van der Waals surface area contributed by atoms with Gasteiger partial charge in [-0.3, -0.25) is 9.48 Å². The zero-order valence-corrected chi connectivity index (χ0v) is 13.0. The second-order valence-corrected chi connectivity index (χ2v) is 4.98. The molecule has 2 aromatic heterocycles. The van der Waals surface area contributed by atoms with Gasteiger partial charge in [0, 0.05) is 18.5 Å². The van der Waals surface area contributed by atoms with Crippen LogP contribution in [0.2, 0.25) is 0 Å². The summed E-state index contributed by atoms with van der Waals surface area (Å²) in [6.07, 6.45) is 3.18. The van der Waals surface area contributed by atoms with E-state index in [-0.39, 0.29) is 24.8 Å². The first kappa shape index (κ1) is 16.2. The fraction of sp³-hybridized carbons (Fsp3) is 0.125. The van der Waals surface area contributed by atoms with Crippen molar-refractivity contribution in [1.29, 1.82) is 5.26 Å². The zero-order valence-electron chi connectivity index (χ0n) is 13.0. The molecule has 0 saturated carbocycles. The average Bonchev–Trinajstić information content (AvgIpc) is 3.24. The number of halogens is 1. The van der Waals surface area contributed by atoms with Crippen LogP contribution in [-0.2, 0) is 13.3 Å². The summed E-state index contributed by atoms with van der Waals surface area (Å²) < 4.78 is 21.1. The van der Waals surface area contributed by atoms with Crippen molar-refractivity contribution < 1.29 is 13.9 Å². The molecule has 0 aliphatic carbocycles. The van der Waals surface area contributed by atoms with E-state index in [2.05, 4.69) is 15.5 Å². The highest BCUT2D eigenvalue weighted by Gasteiger charge is 2.11. The van der Waals surface area contributed by atoms with Gasteiger partial charge < -0.3 is 10.1 Å². The fourth-order valence-electron chi connectivity index (χ4n) is 2.00. The van der Waals surface area contributed by atoms with Crippen LogP contribution in [0.25, 0.3) is 0 Å². The Morgan fingerprint density at radius 1 is 1.16 bits per heavy atom. The largest absolute Gasteiger partial charge is 0.471 e. The standard InChI is InChI=1S/C16H13FN6O2/c17-12-1-3-13(4-2-12)25-11-23-8-5-14(20-23)16(24)19-15-6-9-22(21-15)10-7-18/h1-6,8-9H,10-11H2,(H,19,21,24). The van der Waals surface area contributed by atoms with Crippen LogP contribution in [-0.4, -0.2) is 25.5 Å². The number of hydrogen-bond acceptors (Lipinski definition) is 5. The van der Waals surface area contributed by atoms with Crippen molar-refractivity contribution in [3.05, 3.63) is 60.3 Å². The summed E-state index contributed by atoms with van der Waals surface area (Å²) in [5.41, 5.74) is 0.192. The lowest BCUT2D eigenvalue weighted by Crippen LogP contribution is -2.15. The Labute approximate surface area is 142 Å². The van der Waals surface area contributed by atoms with Gasteiger partial charge in [0.2, 0.25) is 0 Å². The predicted molar refractivity (Wildman–Crippen MR) is 85.0 cm³/mol. The van der Waals surface area contributed by atoms with Crippen molar-refractivity contribution in [3.63, 3.8) is 0 Å². The average molecular weight is 340 g/mol. The van der Waals surface area contributed by atoms with E-state index in [0.717, 1.165) is 0 Å². The molecule has 0 aliphatic heterocycles. The third-order valence-corrected chi connectivity index (χ3v) is 3.17. The molecule has 25 heavy (non-hydrogen) atoms. The van der Waals surface area contributed by atoms with Gasteiger partial charge in [0.25, 0.3) is 5.91 Å². The van der Waals surface area contributed by atoms with Crippen molar-refractivity contribution in [1.82, 2.24) is 19.6 Å². The van der Waals surface area contributed by atoms with Gasteiger partial charge in [0.15, 0.2) is 18.2 Å². The number of rotatable bonds is 6. The molecule has 1 amide bonds. The van der Waals surface area contributed by atoms with E-state index in [9.17, 15) is 9.18 Å². The number of benzene rings is 1. The van der Waals surface area contributed by atoms with Gasteiger partial charge in [0.05, 0.1) is 6.07 Å². The van der Waals surface area contributed by atoms with Crippen LogP contribution >= 0.6 is 0 Å². The van der Waals surface area contributed by atoms with E-state index in [0.29, 0.717) is 11.6 Å². The van der Waals surface area contributed by atoms with Gasteiger partial charge in [-0.05, 0) is 30.3 Å². The number of carbonyl (C=O) groups is 1. The molecular formula is C16H13FN6O2. The lowest BCUT2D eigenvalue weighted by molar-refractivity contribution is 0.101. The molecule has 0 atom stereocenters. The molecule has 0 saturated heterocycles. The molecule has 3 rings (SSSR count). The lowest BCUT2D eigenvalue weighted by Gasteiger charge is -2.05. The van der Waals surface area contributed by atoms with Crippen LogP contribution in [0.15, 0.2) is 48.8 Å². The van der Waals surface area contributed by atoms with E-state index >= 15 is 0 Å². The van der Waals surface area contributed by atoms with E-state index in [4.69, 9.17) is 10.00 Å². The third kappa shape index (κ3) is 4.20. The van der Waals surface area contributed by atoms with Crippen molar-refractivity contribution in [3.8, 4) is 11.8 Å². The van der Waals surface area contributed by atoms with Crippen LogP contribution in [0, 0.1) is 17.1 Å². The number of nitrogens with one attached hydrogen (secondary N) is 1. The van der Waals surface area contributed by atoms with Gasteiger partial charge in [-0.1, -0.05) is 0 Å². The number of carbonyl (C=O) groups excluding carboxylic acids is 1. The number of anilines is 1. The smallest absolute Gasteiger partial charge is 0.277 e. The van der Waals surface area contributed by atoms with Gasteiger partial charge in [-0.15, -0.1) is 0 Å². The van der Waals surface area contributed by atoms with Crippen molar-refractivity contribution >= 4 is 11.7 Å². The number of amides is 1. The third-order valence-electron chi connectivity index (χ3n) is 3.17. The van der Waals surface area contributed by atoms with Crippen LogP contribution < -0.4 is 10.1 Å². The molecule has 1 N–H and O–H groups in total. The second kappa shape index (κ2) is 7.27. The monoisotopic (exact) mass is 340 g/mol. The highest BCUT2D eigenvalue weighted by molar-refractivity contribution is 6.02. The Morgan fingerprint density at radius 2 is 1.92 bits per heavy atom. The predicted octanol–water partition coefficient (Wildman–Crippen LogP) is 2.03. The minimum absolute atomic E-state index is 0.0791. The van der Waals surface area contributed by atoms with Crippen LogP contribution in [0.4, 0.5) is 10.2 Å². The highest BCUT2D eigenvalue weighted by atomic mass is 19.1. The minimum atomic E-state index is -0.428. The summed E-state index contributed by atoms with van der Waals surface area (Å²) in [5, 5.41) is 19.3. The maximum absolute atomic E-state index is 12.8. The Bertz CT molecular complexity index is 909. The molecule has 0 aliphatic rings. The number of nitriles is 1. The number of hydrogen-bond donors (Lipinski definition) is 1. The molecule has 0 fully saturated rings. The highest BCUT2D eigenvalue weighted by Crippen LogP contribution is 2.12. The number of nitrogens with zero attached hydrogens (tertiary/aromatic N) is 5. The molecule has 9 heteroatoms. The van der Waals surface area contributed by atoms with E-state index < -0.39 is 5.91 Å². The van der Waals surface area contributed by atoms with Crippen LogP contribution in [0.5, 0.6) is 5.75 Å². The maximum Gasteiger partial charge on any atom is 0.277 e. The van der Waals surface area contributed by atoms with Gasteiger partial charge in [0.1, 0.15) is 18.1 Å². The molecule has 0 radical (unpaired) electrons. The van der Waals surface area contributed by atoms with Gasteiger partial charge >= 0.3 is 0 Å². The topological polar surface area (TPSA) is 97.8 Å². The van der Waals surface area contributed by atoms with Gasteiger partial charge in [-0.25, -0.2) is 9.07 Å². The van der Waals surface area contributed by atoms with Crippen molar-refractivity contribution in [2.75, 3.05) is 5.32 Å². The number of ether oxygens (including phenoxy) is 1. The molecule has 8 nitrogen and oxygen atoms in total.